The summed E-state index contributed by atoms with van der Waals surface area (Å²) >= 11 is 12.1. The molecule has 0 fully saturated rings. The second kappa shape index (κ2) is 6.55. The Morgan fingerprint density at radius 1 is 1.47 bits per heavy atom. The van der Waals surface area contributed by atoms with Gasteiger partial charge in [-0.2, -0.15) is 0 Å². The first kappa shape index (κ1) is 14.6. The summed E-state index contributed by atoms with van der Waals surface area (Å²) < 4.78 is 7.40. The highest BCUT2D eigenvalue weighted by atomic mass is 35.5. The molecule has 0 aromatic carbocycles. The van der Waals surface area contributed by atoms with E-state index in [2.05, 4.69) is 9.97 Å². The number of aryl methyl sites for hydroxylation is 1. The first-order valence-corrected chi connectivity index (χ1v) is 7.18. The maximum atomic E-state index is 6.18. The van der Waals surface area contributed by atoms with Gasteiger partial charge in [-0.15, -0.1) is 11.6 Å². The van der Waals surface area contributed by atoms with Gasteiger partial charge in [-0.1, -0.05) is 11.6 Å². The van der Waals surface area contributed by atoms with Crippen LogP contribution in [0.5, 0.6) is 0 Å². The Kier molecular flexibility index (Phi) is 5.02. The quantitative estimate of drug-likeness (QED) is 0.601. The number of fused-ring (bicyclic) bond motifs is 1. The third kappa shape index (κ3) is 3.38. The van der Waals surface area contributed by atoms with E-state index in [1.807, 2.05) is 24.5 Å². The van der Waals surface area contributed by atoms with Gasteiger partial charge in [-0.3, -0.25) is 0 Å². The van der Waals surface area contributed by atoms with E-state index in [-0.39, 0.29) is 5.38 Å². The van der Waals surface area contributed by atoms with Crippen LogP contribution in [0.2, 0.25) is 5.02 Å². The summed E-state index contributed by atoms with van der Waals surface area (Å²) in [5.41, 5.74) is 1.61. The number of hydrogen-bond donors (Lipinski definition) is 0. The lowest BCUT2D eigenvalue weighted by molar-refractivity contribution is 0.141. The molecule has 0 spiro atoms. The van der Waals surface area contributed by atoms with Crippen LogP contribution in [-0.2, 0) is 11.3 Å². The number of pyridine rings is 1. The van der Waals surface area contributed by atoms with Gasteiger partial charge in [0.1, 0.15) is 11.3 Å². The number of halogens is 2. The van der Waals surface area contributed by atoms with E-state index in [1.165, 1.54) is 0 Å². The molecule has 2 aromatic heterocycles. The topological polar surface area (TPSA) is 39.9 Å². The first-order chi connectivity index (χ1) is 9.13. The summed E-state index contributed by atoms with van der Waals surface area (Å²) in [6.45, 7) is 6.14. The van der Waals surface area contributed by atoms with Crippen LogP contribution < -0.4 is 0 Å². The number of alkyl halides is 1. The molecule has 1 unspecified atom stereocenters. The first-order valence-electron chi connectivity index (χ1n) is 6.37. The summed E-state index contributed by atoms with van der Waals surface area (Å²) in [5.74, 6) is 0.822. The van der Waals surface area contributed by atoms with Crippen molar-refractivity contribution in [2.24, 2.45) is 0 Å². The molecule has 0 radical (unpaired) electrons. The van der Waals surface area contributed by atoms with Crippen molar-refractivity contribution in [3.8, 4) is 0 Å². The zero-order valence-electron chi connectivity index (χ0n) is 11.1. The van der Waals surface area contributed by atoms with Crippen molar-refractivity contribution in [2.75, 3.05) is 13.2 Å². The molecular formula is C13H17Cl2N3O. The Morgan fingerprint density at radius 2 is 2.26 bits per heavy atom. The van der Waals surface area contributed by atoms with Gasteiger partial charge < -0.3 is 9.30 Å². The highest BCUT2D eigenvalue weighted by Crippen LogP contribution is 2.25. The van der Waals surface area contributed by atoms with Gasteiger partial charge >= 0.3 is 0 Å². The van der Waals surface area contributed by atoms with Crippen molar-refractivity contribution in [1.29, 1.82) is 0 Å². The lowest BCUT2D eigenvalue weighted by Crippen LogP contribution is -2.07. The molecule has 19 heavy (non-hydrogen) atoms. The monoisotopic (exact) mass is 301 g/mol. The minimum absolute atomic E-state index is 0.167. The van der Waals surface area contributed by atoms with Gasteiger partial charge in [-0.05, 0) is 26.3 Å². The van der Waals surface area contributed by atoms with E-state index in [0.29, 0.717) is 5.02 Å². The van der Waals surface area contributed by atoms with Crippen molar-refractivity contribution in [3.63, 3.8) is 0 Å². The minimum atomic E-state index is -0.167. The van der Waals surface area contributed by atoms with Crippen LogP contribution in [-0.4, -0.2) is 27.7 Å². The van der Waals surface area contributed by atoms with Gasteiger partial charge in [0.25, 0.3) is 0 Å². The predicted octanol–water partition coefficient (Wildman–Crippen LogP) is 3.81. The maximum absolute atomic E-state index is 6.18. The molecule has 104 valence electrons. The van der Waals surface area contributed by atoms with E-state index in [0.717, 1.165) is 43.2 Å². The molecule has 2 aromatic rings. The molecule has 1 atom stereocenters. The van der Waals surface area contributed by atoms with Crippen molar-refractivity contribution < 1.29 is 4.74 Å². The van der Waals surface area contributed by atoms with E-state index < -0.39 is 0 Å². The molecule has 6 heteroatoms. The normalized spacial score (nSPS) is 13.1. The zero-order valence-corrected chi connectivity index (χ0v) is 12.6. The standard InChI is InChI=1S/C13H17Cl2N3O/c1-3-19-6-4-5-18-12(9(2)14)17-11-7-10(15)8-16-13(11)18/h7-9H,3-6H2,1-2H3. The Bertz CT molecular complexity index is 554. The number of imidazole rings is 1. The Labute approximate surface area is 122 Å². The maximum Gasteiger partial charge on any atom is 0.160 e. The van der Waals surface area contributed by atoms with E-state index in [1.54, 1.807) is 6.20 Å². The largest absolute Gasteiger partial charge is 0.382 e. The lowest BCUT2D eigenvalue weighted by atomic mass is 10.4. The molecule has 0 saturated carbocycles. The fourth-order valence-corrected chi connectivity index (χ4v) is 2.32. The minimum Gasteiger partial charge on any atom is -0.382 e. The Hall–Kier alpha value is -0.840. The van der Waals surface area contributed by atoms with E-state index >= 15 is 0 Å². The molecule has 0 aliphatic carbocycles. The summed E-state index contributed by atoms with van der Waals surface area (Å²) in [6, 6.07) is 1.81. The van der Waals surface area contributed by atoms with Crippen molar-refractivity contribution in [3.05, 3.63) is 23.1 Å². The molecular weight excluding hydrogens is 285 g/mol. The van der Waals surface area contributed by atoms with Crippen LogP contribution >= 0.6 is 23.2 Å². The van der Waals surface area contributed by atoms with Gasteiger partial charge in [0.2, 0.25) is 0 Å². The van der Waals surface area contributed by atoms with Crippen LogP contribution in [0, 0.1) is 0 Å². The van der Waals surface area contributed by atoms with E-state index in [9.17, 15) is 0 Å². The number of rotatable bonds is 6. The van der Waals surface area contributed by atoms with E-state index in [4.69, 9.17) is 27.9 Å². The summed E-state index contributed by atoms with van der Waals surface area (Å²) in [5, 5.41) is 0.417. The molecule has 0 aliphatic heterocycles. The molecule has 2 rings (SSSR count). The molecule has 2 heterocycles. The van der Waals surface area contributed by atoms with Crippen LogP contribution in [0.25, 0.3) is 11.2 Å². The number of ether oxygens (including phenoxy) is 1. The third-order valence-corrected chi connectivity index (χ3v) is 3.21. The third-order valence-electron chi connectivity index (χ3n) is 2.81. The fourth-order valence-electron chi connectivity index (χ4n) is 2.00. The highest BCUT2D eigenvalue weighted by Gasteiger charge is 2.15. The lowest BCUT2D eigenvalue weighted by Gasteiger charge is -2.09. The zero-order chi connectivity index (χ0) is 13.8. The molecule has 0 aliphatic rings. The SMILES string of the molecule is CCOCCCn1c(C(C)Cl)nc2cc(Cl)cnc21. The number of aromatic nitrogens is 3. The van der Waals surface area contributed by atoms with Crippen LogP contribution in [0.3, 0.4) is 0 Å². The molecule has 0 N–H and O–H groups in total. The van der Waals surface area contributed by atoms with Crippen LogP contribution in [0.4, 0.5) is 0 Å². The molecule has 0 amide bonds. The summed E-state index contributed by atoms with van der Waals surface area (Å²) in [6.07, 6.45) is 2.54. The predicted molar refractivity (Wildman–Crippen MR) is 77.9 cm³/mol. The number of nitrogens with zero attached hydrogens (tertiary/aromatic N) is 3. The average Bonchev–Trinajstić information content (AvgIpc) is 2.72. The average molecular weight is 302 g/mol. The van der Waals surface area contributed by atoms with Gasteiger partial charge in [-0.25, -0.2) is 9.97 Å². The Balaban J connectivity index is 2.30. The van der Waals surface area contributed by atoms with Crippen molar-refractivity contribution in [1.82, 2.24) is 14.5 Å². The molecule has 0 saturated heterocycles. The Morgan fingerprint density at radius 3 is 2.95 bits per heavy atom. The van der Waals surface area contributed by atoms with Crippen LogP contribution in [0.1, 0.15) is 31.5 Å². The number of hydrogen-bond acceptors (Lipinski definition) is 3. The smallest absolute Gasteiger partial charge is 0.160 e. The van der Waals surface area contributed by atoms with Crippen molar-refractivity contribution >= 4 is 34.4 Å². The molecule has 0 bridgehead atoms. The molecule has 4 nitrogen and oxygen atoms in total. The second-order valence-corrected chi connectivity index (χ2v) is 5.38. The summed E-state index contributed by atoms with van der Waals surface area (Å²) in [7, 11) is 0. The van der Waals surface area contributed by atoms with Gasteiger partial charge in [0.15, 0.2) is 5.65 Å². The second-order valence-electron chi connectivity index (χ2n) is 4.28. The summed E-state index contributed by atoms with van der Waals surface area (Å²) in [4.78, 5) is 8.87. The fraction of sp³-hybridized carbons (Fsp3) is 0.538. The highest BCUT2D eigenvalue weighted by molar-refractivity contribution is 6.31. The van der Waals surface area contributed by atoms with Crippen LogP contribution in [0.15, 0.2) is 12.3 Å². The van der Waals surface area contributed by atoms with Crippen molar-refractivity contribution in [2.45, 2.75) is 32.2 Å². The van der Waals surface area contributed by atoms with Gasteiger partial charge in [0, 0.05) is 26.0 Å². The van der Waals surface area contributed by atoms with Gasteiger partial charge in [0.05, 0.1) is 10.4 Å².